The summed E-state index contributed by atoms with van der Waals surface area (Å²) in [5.74, 6) is 0.428. The number of rotatable bonds is 7. The van der Waals surface area contributed by atoms with Gasteiger partial charge in [0.25, 0.3) is 5.91 Å². The number of aryl methyl sites for hydroxylation is 1. The summed E-state index contributed by atoms with van der Waals surface area (Å²) in [4.78, 5) is 14.9. The quantitative estimate of drug-likeness (QED) is 0.408. The minimum atomic E-state index is -0.836. The second kappa shape index (κ2) is 10.0. The molecule has 6 nitrogen and oxygen atoms in total. The molecule has 2 aromatic carbocycles. The molecule has 0 saturated carbocycles. The first-order chi connectivity index (χ1) is 17.0. The van der Waals surface area contributed by atoms with Crippen LogP contribution in [0.4, 0.5) is 5.69 Å². The van der Waals surface area contributed by atoms with Crippen molar-refractivity contribution in [3.63, 3.8) is 0 Å². The standard InChI is InChI=1S/C30H37NO5/c1-18(2)8-6-9-19(3)10-7-13-30(5)27(34)16-23-26(33)15-22-24(28(23)36-30)17-31(29(22)35)21-11-12-25(32)20(4)14-21/h8,10-12,14-15,27,32-34H,6-7,9,13,16-17H2,1-5H3/b19-10+. The number of amides is 1. The summed E-state index contributed by atoms with van der Waals surface area (Å²) in [6.45, 7) is 10.3. The fourth-order valence-corrected chi connectivity index (χ4v) is 5.02. The smallest absolute Gasteiger partial charge is 0.259 e. The maximum absolute atomic E-state index is 13.3. The van der Waals surface area contributed by atoms with E-state index in [9.17, 15) is 20.1 Å². The lowest BCUT2D eigenvalue weighted by Crippen LogP contribution is -2.49. The number of allylic oxidation sites excluding steroid dienone is 4. The van der Waals surface area contributed by atoms with Crippen LogP contribution in [0.3, 0.4) is 0 Å². The minimum absolute atomic E-state index is 0.0306. The van der Waals surface area contributed by atoms with Crippen molar-refractivity contribution in [3.05, 3.63) is 69.8 Å². The normalized spacial score (nSPS) is 21.2. The number of aliphatic hydroxyl groups is 1. The zero-order chi connectivity index (χ0) is 26.2. The highest BCUT2D eigenvalue weighted by Crippen LogP contribution is 2.47. The van der Waals surface area contributed by atoms with E-state index in [0.717, 1.165) is 24.8 Å². The van der Waals surface area contributed by atoms with Crippen LogP contribution in [0.5, 0.6) is 17.2 Å². The number of benzene rings is 2. The number of aromatic hydroxyl groups is 2. The van der Waals surface area contributed by atoms with Gasteiger partial charge in [-0.15, -0.1) is 0 Å². The van der Waals surface area contributed by atoms with Crippen molar-refractivity contribution in [2.75, 3.05) is 4.90 Å². The van der Waals surface area contributed by atoms with Gasteiger partial charge in [0.1, 0.15) is 22.8 Å². The lowest BCUT2D eigenvalue weighted by Gasteiger charge is -2.40. The summed E-state index contributed by atoms with van der Waals surface area (Å²) in [6, 6.07) is 6.54. The number of carbonyl (C=O) groups is 1. The van der Waals surface area contributed by atoms with Crippen molar-refractivity contribution < 1.29 is 24.9 Å². The van der Waals surface area contributed by atoms with Crippen LogP contribution in [0.15, 0.2) is 47.6 Å². The molecule has 2 aliphatic heterocycles. The van der Waals surface area contributed by atoms with E-state index < -0.39 is 11.7 Å². The van der Waals surface area contributed by atoms with Crippen molar-refractivity contribution >= 4 is 11.6 Å². The van der Waals surface area contributed by atoms with Crippen molar-refractivity contribution in [1.29, 1.82) is 0 Å². The molecule has 3 N–H and O–H groups in total. The lowest BCUT2D eigenvalue weighted by atomic mass is 9.84. The highest BCUT2D eigenvalue weighted by Gasteiger charge is 2.44. The number of aliphatic hydroxyl groups excluding tert-OH is 1. The van der Waals surface area contributed by atoms with Crippen LogP contribution in [0.2, 0.25) is 0 Å². The van der Waals surface area contributed by atoms with E-state index in [0.29, 0.717) is 41.1 Å². The van der Waals surface area contributed by atoms with E-state index in [2.05, 4.69) is 32.9 Å². The molecule has 0 aromatic heterocycles. The Morgan fingerprint density at radius 2 is 1.86 bits per heavy atom. The Kier molecular flexibility index (Phi) is 7.19. The second-order valence-electron chi connectivity index (χ2n) is 10.6. The number of hydrogen-bond acceptors (Lipinski definition) is 5. The molecule has 0 spiro atoms. The first-order valence-electron chi connectivity index (χ1n) is 12.7. The van der Waals surface area contributed by atoms with Crippen LogP contribution >= 0.6 is 0 Å². The van der Waals surface area contributed by atoms with Crippen LogP contribution in [-0.2, 0) is 13.0 Å². The molecule has 192 valence electrons. The monoisotopic (exact) mass is 491 g/mol. The van der Waals surface area contributed by atoms with Crippen LogP contribution in [-0.4, -0.2) is 32.9 Å². The molecule has 2 unspecified atom stereocenters. The van der Waals surface area contributed by atoms with Gasteiger partial charge in [-0.05, 0) is 90.1 Å². The topological polar surface area (TPSA) is 90.2 Å². The molecule has 36 heavy (non-hydrogen) atoms. The van der Waals surface area contributed by atoms with Gasteiger partial charge in [0, 0.05) is 23.2 Å². The number of ether oxygens (including phenoxy) is 1. The van der Waals surface area contributed by atoms with Crippen LogP contribution < -0.4 is 9.64 Å². The molecule has 2 heterocycles. The van der Waals surface area contributed by atoms with Crippen molar-refractivity contribution in [3.8, 4) is 17.2 Å². The first-order valence-corrected chi connectivity index (χ1v) is 12.7. The zero-order valence-electron chi connectivity index (χ0n) is 21.9. The molecule has 4 rings (SSSR count). The molecule has 2 atom stereocenters. The van der Waals surface area contributed by atoms with Gasteiger partial charge < -0.3 is 25.0 Å². The first kappa shape index (κ1) is 25.8. The molecular formula is C30H37NO5. The van der Waals surface area contributed by atoms with E-state index in [1.54, 1.807) is 30.0 Å². The van der Waals surface area contributed by atoms with Crippen molar-refractivity contribution in [1.82, 2.24) is 0 Å². The number of phenolic OH excluding ortho intramolecular Hbond substituents is 2. The molecular weight excluding hydrogens is 454 g/mol. The zero-order valence-corrected chi connectivity index (χ0v) is 21.9. The fraction of sp³-hybridized carbons (Fsp3) is 0.433. The molecule has 0 aliphatic carbocycles. The summed E-state index contributed by atoms with van der Waals surface area (Å²) in [7, 11) is 0. The number of carbonyl (C=O) groups excluding carboxylic acids is 1. The van der Waals surface area contributed by atoms with Crippen molar-refractivity contribution in [2.24, 2.45) is 0 Å². The van der Waals surface area contributed by atoms with Gasteiger partial charge in [0.15, 0.2) is 0 Å². The molecule has 0 fully saturated rings. The lowest BCUT2D eigenvalue weighted by molar-refractivity contribution is -0.0597. The Morgan fingerprint density at radius 3 is 2.56 bits per heavy atom. The molecule has 0 saturated heterocycles. The Morgan fingerprint density at radius 1 is 1.11 bits per heavy atom. The predicted octanol–water partition coefficient (Wildman–Crippen LogP) is 6.09. The Bertz CT molecular complexity index is 1240. The summed E-state index contributed by atoms with van der Waals surface area (Å²) in [5, 5.41) is 31.6. The largest absolute Gasteiger partial charge is 0.508 e. The molecule has 0 radical (unpaired) electrons. The third-order valence-electron chi connectivity index (χ3n) is 7.41. The highest BCUT2D eigenvalue weighted by molar-refractivity contribution is 6.11. The fourth-order valence-electron chi connectivity index (χ4n) is 5.02. The van der Waals surface area contributed by atoms with Gasteiger partial charge in [-0.2, -0.15) is 0 Å². The minimum Gasteiger partial charge on any atom is -0.508 e. The highest BCUT2D eigenvalue weighted by atomic mass is 16.5. The van der Waals surface area contributed by atoms with Gasteiger partial charge in [-0.3, -0.25) is 4.79 Å². The average Bonchev–Trinajstić information content (AvgIpc) is 3.13. The van der Waals surface area contributed by atoms with E-state index in [1.165, 1.54) is 17.2 Å². The Balaban J connectivity index is 1.57. The number of hydrogen-bond donors (Lipinski definition) is 3. The van der Waals surface area contributed by atoms with Gasteiger partial charge in [-0.25, -0.2) is 0 Å². The maximum atomic E-state index is 13.3. The Labute approximate surface area is 213 Å². The van der Waals surface area contributed by atoms with Gasteiger partial charge in [-0.1, -0.05) is 23.3 Å². The summed E-state index contributed by atoms with van der Waals surface area (Å²) < 4.78 is 6.46. The van der Waals surface area contributed by atoms with Gasteiger partial charge in [0.2, 0.25) is 0 Å². The second-order valence-corrected chi connectivity index (χ2v) is 10.6. The third-order valence-corrected chi connectivity index (χ3v) is 7.41. The molecule has 6 heteroatoms. The number of nitrogens with zero attached hydrogens (tertiary/aromatic N) is 1. The molecule has 2 aliphatic rings. The summed E-state index contributed by atoms with van der Waals surface area (Å²) in [6.07, 6.45) is 7.34. The Hall–Kier alpha value is -3.25. The van der Waals surface area contributed by atoms with Gasteiger partial charge in [0.05, 0.1) is 18.2 Å². The number of anilines is 1. The predicted molar refractivity (Wildman–Crippen MR) is 142 cm³/mol. The van der Waals surface area contributed by atoms with Crippen LogP contribution in [0, 0.1) is 6.92 Å². The molecule has 0 bridgehead atoms. The SMILES string of the molecule is CC(C)=CCC/C(C)=C/CCC1(C)Oc2c(c(O)cc3c2CN(c2ccc(O)c(C)c2)C3=O)CC1O. The maximum Gasteiger partial charge on any atom is 0.259 e. The summed E-state index contributed by atoms with van der Waals surface area (Å²) in [5.41, 5.74) is 4.83. The average molecular weight is 492 g/mol. The number of phenols is 2. The molecule has 2 aromatic rings. The van der Waals surface area contributed by atoms with Crippen LogP contribution in [0.25, 0.3) is 0 Å². The number of fused-ring (bicyclic) bond motifs is 3. The van der Waals surface area contributed by atoms with Crippen LogP contribution in [0.1, 0.15) is 80.4 Å². The van der Waals surface area contributed by atoms with E-state index >= 15 is 0 Å². The van der Waals surface area contributed by atoms with E-state index in [1.807, 2.05) is 6.92 Å². The third kappa shape index (κ3) is 5.00. The van der Waals surface area contributed by atoms with E-state index in [4.69, 9.17) is 4.74 Å². The molecule has 1 amide bonds. The summed E-state index contributed by atoms with van der Waals surface area (Å²) >= 11 is 0. The van der Waals surface area contributed by atoms with Gasteiger partial charge >= 0.3 is 0 Å². The van der Waals surface area contributed by atoms with E-state index in [-0.39, 0.29) is 23.8 Å². The van der Waals surface area contributed by atoms with Crippen molar-refractivity contribution in [2.45, 2.75) is 85.0 Å².